The van der Waals surface area contributed by atoms with Crippen LogP contribution in [0.1, 0.15) is 50.9 Å². The lowest BCUT2D eigenvalue weighted by atomic mass is 10.0. The van der Waals surface area contributed by atoms with Crippen LogP contribution in [-0.2, 0) is 11.3 Å². The molecule has 5 nitrogen and oxygen atoms in total. The molecule has 0 spiro atoms. The Balaban J connectivity index is 2.11. The van der Waals surface area contributed by atoms with Crippen molar-refractivity contribution in [3.8, 4) is 0 Å². The summed E-state index contributed by atoms with van der Waals surface area (Å²) >= 11 is 0. The zero-order chi connectivity index (χ0) is 17.6. The summed E-state index contributed by atoms with van der Waals surface area (Å²) in [4.78, 5) is 20.6. The minimum atomic E-state index is 0.0516. The molecule has 0 bridgehead atoms. The quantitative estimate of drug-likeness (QED) is 0.773. The maximum Gasteiger partial charge on any atom is 0.261 e. The van der Waals surface area contributed by atoms with Gasteiger partial charge in [-0.2, -0.15) is 0 Å². The van der Waals surface area contributed by atoms with E-state index in [-0.39, 0.29) is 11.6 Å². The van der Waals surface area contributed by atoms with Crippen LogP contribution in [0.25, 0.3) is 10.9 Å². The minimum Gasteiger partial charge on any atom is -0.383 e. The zero-order valence-corrected chi connectivity index (χ0v) is 15.4. The van der Waals surface area contributed by atoms with Gasteiger partial charge in [0.15, 0.2) is 0 Å². The second-order valence-corrected chi connectivity index (χ2v) is 6.84. The van der Waals surface area contributed by atoms with E-state index in [0.29, 0.717) is 18.5 Å². The van der Waals surface area contributed by atoms with Crippen LogP contribution in [0, 0.1) is 0 Å². The Morgan fingerprint density at radius 1 is 1.20 bits per heavy atom. The van der Waals surface area contributed by atoms with Crippen molar-refractivity contribution in [2.45, 2.75) is 51.6 Å². The van der Waals surface area contributed by atoms with Gasteiger partial charge in [-0.15, -0.1) is 0 Å². The molecule has 1 aliphatic rings. The molecule has 25 heavy (non-hydrogen) atoms. The van der Waals surface area contributed by atoms with Crippen LogP contribution in [0.4, 0.5) is 0 Å². The first-order valence-corrected chi connectivity index (χ1v) is 9.48. The van der Waals surface area contributed by atoms with E-state index in [1.165, 1.54) is 19.3 Å². The Bertz CT molecular complexity index is 750. The van der Waals surface area contributed by atoms with Gasteiger partial charge >= 0.3 is 0 Å². The monoisotopic (exact) mass is 343 g/mol. The fourth-order valence-electron chi connectivity index (χ4n) is 3.82. The first-order chi connectivity index (χ1) is 12.3. The van der Waals surface area contributed by atoms with E-state index in [1.54, 1.807) is 7.11 Å². The van der Waals surface area contributed by atoms with E-state index < -0.39 is 0 Å². The van der Waals surface area contributed by atoms with E-state index in [1.807, 2.05) is 28.8 Å². The van der Waals surface area contributed by atoms with Gasteiger partial charge in [0.1, 0.15) is 5.82 Å². The highest BCUT2D eigenvalue weighted by atomic mass is 16.5. The SMILES string of the molecule is CCCC(c1nc2ccccc2c(=O)n1CCOC)N1CCCCC1. The van der Waals surface area contributed by atoms with Gasteiger partial charge < -0.3 is 4.74 Å². The molecule has 0 saturated carbocycles. The first-order valence-electron chi connectivity index (χ1n) is 9.48. The summed E-state index contributed by atoms with van der Waals surface area (Å²) in [5, 5.41) is 0.691. The number of hydrogen-bond donors (Lipinski definition) is 0. The average molecular weight is 343 g/mol. The molecule has 1 fully saturated rings. The van der Waals surface area contributed by atoms with Gasteiger partial charge in [-0.05, 0) is 44.5 Å². The van der Waals surface area contributed by atoms with Gasteiger partial charge in [0, 0.05) is 7.11 Å². The van der Waals surface area contributed by atoms with Crippen molar-refractivity contribution >= 4 is 10.9 Å². The van der Waals surface area contributed by atoms with Crippen molar-refractivity contribution in [2.75, 3.05) is 26.8 Å². The predicted molar refractivity (Wildman–Crippen MR) is 101 cm³/mol. The molecule has 136 valence electrons. The number of fused-ring (bicyclic) bond motifs is 1. The fourth-order valence-corrected chi connectivity index (χ4v) is 3.82. The Labute approximate surface area is 149 Å². The second kappa shape index (κ2) is 8.59. The number of piperidine rings is 1. The Morgan fingerprint density at radius 3 is 2.68 bits per heavy atom. The molecule has 1 aliphatic heterocycles. The molecular formula is C20H29N3O2. The maximum atomic E-state index is 13.1. The van der Waals surface area contributed by atoms with Crippen molar-refractivity contribution in [2.24, 2.45) is 0 Å². The van der Waals surface area contributed by atoms with Crippen LogP contribution < -0.4 is 5.56 Å². The van der Waals surface area contributed by atoms with Gasteiger partial charge in [0.2, 0.25) is 0 Å². The van der Waals surface area contributed by atoms with Crippen LogP contribution in [0.2, 0.25) is 0 Å². The van der Waals surface area contributed by atoms with Gasteiger partial charge in [-0.1, -0.05) is 31.9 Å². The van der Waals surface area contributed by atoms with Crippen molar-refractivity contribution in [3.05, 3.63) is 40.4 Å². The molecule has 5 heteroatoms. The van der Waals surface area contributed by atoms with Gasteiger partial charge in [-0.3, -0.25) is 14.3 Å². The minimum absolute atomic E-state index is 0.0516. The molecule has 1 unspecified atom stereocenters. The van der Waals surface area contributed by atoms with Gasteiger partial charge in [0.05, 0.1) is 30.1 Å². The molecule has 2 aromatic rings. The molecule has 0 amide bonds. The third-order valence-electron chi connectivity index (χ3n) is 5.10. The van der Waals surface area contributed by atoms with Crippen molar-refractivity contribution in [1.82, 2.24) is 14.5 Å². The van der Waals surface area contributed by atoms with Crippen LogP contribution in [-0.4, -0.2) is 41.3 Å². The zero-order valence-electron chi connectivity index (χ0n) is 15.4. The number of aromatic nitrogens is 2. The van der Waals surface area contributed by atoms with Gasteiger partial charge in [0.25, 0.3) is 5.56 Å². The lowest BCUT2D eigenvalue weighted by Crippen LogP contribution is -2.38. The molecule has 1 saturated heterocycles. The molecule has 1 atom stereocenters. The normalized spacial score (nSPS) is 17.0. The Morgan fingerprint density at radius 2 is 1.96 bits per heavy atom. The third kappa shape index (κ3) is 3.93. The second-order valence-electron chi connectivity index (χ2n) is 6.84. The van der Waals surface area contributed by atoms with Crippen LogP contribution in [0.3, 0.4) is 0 Å². The van der Waals surface area contributed by atoms with E-state index in [9.17, 15) is 4.79 Å². The standard InChI is InChI=1S/C20H29N3O2/c1-3-9-18(22-12-7-4-8-13-22)19-21-17-11-6-5-10-16(17)20(24)23(19)14-15-25-2/h5-6,10-11,18H,3-4,7-9,12-15H2,1-2H3. The summed E-state index contributed by atoms with van der Waals surface area (Å²) in [6.07, 6.45) is 5.87. The highest BCUT2D eigenvalue weighted by molar-refractivity contribution is 5.77. The Kier molecular flexibility index (Phi) is 6.21. The van der Waals surface area contributed by atoms with Crippen LogP contribution >= 0.6 is 0 Å². The molecule has 2 heterocycles. The number of benzene rings is 1. The highest BCUT2D eigenvalue weighted by Gasteiger charge is 2.26. The number of methoxy groups -OCH3 is 1. The number of ether oxygens (including phenoxy) is 1. The van der Waals surface area contributed by atoms with E-state index >= 15 is 0 Å². The lowest BCUT2D eigenvalue weighted by molar-refractivity contribution is 0.139. The number of rotatable bonds is 7. The molecule has 0 N–H and O–H groups in total. The molecule has 0 aliphatic carbocycles. The highest BCUT2D eigenvalue weighted by Crippen LogP contribution is 2.28. The average Bonchev–Trinajstić information content (AvgIpc) is 2.66. The topological polar surface area (TPSA) is 47.4 Å². The molecular weight excluding hydrogens is 314 g/mol. The van der Waals surface area contributed by atoms with Gasteiger partial charge in [-0.25, -0.2) is 4.98 Å². The van der Waals surface area contributed by atoms with Crippen LogP contribution in [0.15, 0.2) is 29.1 Å². The van der Waals surface area contributed by atoms with E-state index in [4.69, 9.17) is 9.72 Å². The number of likely N-dealkylation sites (tertiary alicyclic amines) is 1. The molecule has 1 aromatic heterocycles. The van der Waals surface area contributed by atoms with Crippen molar-refractivity contribution in [1.29, 1.82) is 0 Å². The lowest BCUT2D eigenvalue weighted by Gasteiger charge is -2.35. The molecule has 0 radical (unpaired) electrons. The fraction of sp³-hybridized carbons (Fsp3) is 0.600. The molecule has 1 aromatic carbocycles. The smallest absolute Gasteiger partial charge is 0.261 e. The number of para-hydroxylation sites is 1. The summed E-state index contributed by atoms with van der Waals surface area (Å²) in [5.74, 6) is 0.907. The number of hydrogen-bond acceptors (Lipinski definition) is 4. The summed E-state index contributed by atoms with van der Waals surface area (Å²) in [6, 6.07) is 7.88. The summed E-state index contributed by atoms with van der Waals surface area (Å²) < 4.78 is 7.10. The summed E-state index contributed by atoms with van der Waals surface area (Å²) in [5.41, 5.74) is 0.852. The maximum absolute atomic E-state index is 13.1. The molecule has 3 rings (SSSR count). The van der Waals surface area contributed by atoms with Crippen molar-refractivity contribution < 1.29 is 4.74 Å². The van der Waals surface area contributed by atoms with Crippen molar-refractivity contribution in [3.63, 3.8) is 0 Å². The van der Waals surface area contributed by atoms with Crippen LogP contribution in [0.5, 0.6) is 0 Å². The van der Waals surface area contributed by atoms with E-state index in [0.717, 1.165) is 37.3 Å². The summed E-state index contributed by atoms with van der Waals surface area (Å²) in [7, 11) is 1.67. The first kappa shape index (κ1) is 18.1. The summed E-state index contributed by atoms with van der Waals surface area (Å²) in [6.45, 7) is 5.47. The number of nitrogens with zero attached hydrogens (tertiary/aromatic N) is 3. The predicted octanol–water partition coefficient (Wildman–Crippen LogP) is 3.37. The third-order valence-corrected chi connectivity index (χ3v) is 5.10. The largest absolute Gasteiger partial charge is 0.383 e. The van der Waals surface area contributed by atoms with E-state index in [2.05, 4.69) is 11.8 Å². The Hall–Kier alpha value is -1.72.